The Bertz CT molecular complexity index is 612. The smallest absolute Gasteiger partial charge is 0.266 e. The van der Waals surface area contributed by atoms with Gasteiger partial charge in [0.2, 0.25) is 5.82 Å². The van der Waals surface area contributed by atoms with Crippen molar-refractivity contribution < 1.29 is 31.5 Å². The highest BCUT2D eigenvalue weighted by Crippen LogP contribution is 2.24. The Morgan fingerprint density at radius 1 is 0.950 bits per heavy atom. The van der Waals surface area contributed by atoms with Gasteiger partial charge in [-0.2, -0.15) is 0 Å². The second kappa shape index (κ2) is 5.03. The summed E-state index contributed by atoms with van der Waals surface area (Å²) in [5.74, 6) is -13.8. The van der Waals surface area contributed by atoms with Gasteiger partial charge < -0.3 is 0 Å². The summed E-state index contributed by atoms with van der Waals surface area (Å²) in [4.78, 5) is 23.6. The maximum Gasteiger partial charge on any atom is 0.266 e. The van der Waals surface area contributed by atoms with E-state index in [1.807, 2.05) is 0 Å². The zero-order chi connectivity index (χ0) is 15.0. The topological polar surface area (TPSA) is 37.4 Å². The molecule has 0 spiro atoms. The van der Waals surface area contributed by atoms with Gasteiger partial charge in [-0.05, 0) is 12.5 Å². The van der Waals surface area contributed by atoms with Crippen LogP contribution in [0.1, 0.15) is 16.8 Å². The first-order chi connectivity index (χ1) is 9.36. The summed E-state index contributed by atoms with van der Waals surface area (Å²) in [6.07, 6.45) is 2.63. The van der Waals surface area contributed by atoms with Crippen LogP contribution in [-0.4, -0.2) is 23.3 Å². The highest BCUT2D eigenvalue weighted by Gasteiger charge is 2.34. The first-order valence-electron chi connectivity index (χ1n) is 5.40. The minimum atomic E-state index is -2.36. The van der Waals surface area contributed by atoms with Crippen LogP contribution in [0.25, 0.3) is 0 Å². The SMILES string of the molecule is O=C1C=CCCN1C(=O)c1c(F)c(F)c(F)c(F)c1F. The lowest BCUT2D eigenvalue weighted by Crippen LogP contribution is -2.39. The fourth-order valence-corrected chi connectivity index (χ4v) is 1.72. The molecular weight excluding hydrogens is 285 g/mol. The Morgan fingerprint density at radius 3 is 1.95 bits per heavy atom. The van der Waals surface area contributed by atoms with Crippen molar-refractivity contribution in [3.63, 3.8) is 0 Å². The summed E-state index contributed by atoms with van der Waals surface area (Å²) in [7, 11) is 0. The summed E-state index contributed by atoms with van der Waals surface area (Å²) in [5, 5.41) is 0. The first-order valence-corrected chi connectivity index (χ1v) is 5.40. The number of benzene rings is 1. The van der Waals surface area contributed by atoms with Crippen LogP contribution in [-0.2, 0) is 4.79 Å². The largest absolute Gasteiger partial charge is 0.274 e. The van der Waals surface area contributed by atoms with Crippen LogP contribution < -0.4 is 0 Å². The van der Waals surface area contributed by atoms with Gasteiger partial charge in [-0.1, -0.05) is 6.08 Å². The molecule has 0 saturated carbocycles. The Hall–Kier alpha value is -2.25. The predicted molar refractivity (Wildman–Crippen MR) is 56.0 cm³/mol. The van der Waals surface area contributed by atoms with E-state index in [2.05, 4.69) is 0 Å². The number of carbonyl (C=O) groups excluding carboxylic acids is 2. The van der Waals surface area contributed by atoms with Crippen molar-refractivity contribution >= 4 is 11.8 Å². The third-order valence-electron chi connectivity index (χ3n) is 2.71. The van der Waals surface area contributed by atoms with Crippen LogP contribution >= 0.6 is 0 Å². The van der Waals surface area contributed by atoms with Gasteiger partial charge in [-0.15, -0.1) is 0 Å². The minimum Gasteiger partial charge on any atom is -0.274 e. The van der Waals surface area contributed by atoms with Crippen molar-refractivity contribution in [1.82, 2.24) is 4.90 Å². The van der Waals surface area contributed by atoms with Crippen LogP contribution in [0.5, 0.6) is 0 Å². The van der Waals surface area contributed by atoms with E-state index < -0.39 is 46.5 Å². The number of carbonyl (C=O) groups is 2. The molecule has 8 heteroatoms. The molecule has 0 saturated heterocycles. The normalized spacial score (nSPS) is 14.8. The molecule has 0 radical (unpaired) electrons. The molecule has 1 aromatic carbocycles. The molecule has 1 aliphatic rings. The number of amides is 2. The quantitative estimate of drug-likeness (QED) is 0.344. The van der Waals surface area contributed by atoms with Gasteiger partial charge in [0.25, 0.3) is 11.8 Å². The lowest BCUT2D eigenvalue weighted by molar-refractivity contribution is -0.124. The monoisotopic (exact) mass is 291 g/mol. The fourth-order valence-electron chi connectivity index (χ4n) is 1.72. The summed E-state index contributed by atoms with van der Waals surface area (Å²) < 4.78 is 65.7. The maximum atomic E-state index is 13.4. The van der Waals surface area contributed by atoms with Gasteiger partial charge in [0, 0.05) is 6.54 Å². The molecule has 0 aromatic heterocycles. The third kappa shape index (κ3) is 2.06. The zero-order valence-corrected chi connectivity index (χ0v) is 9.72. The van der Waals surface area contributed by atoms with Crippen molar-refractivity contribution in [2.24, 2.45) is 0 Å². The van der Waals surface area contributed by atoms with Gasteiger partial charge in [-0.3, -0.25) is 14.5 Å². The van der Waals surface area contributed by atoms with Crippen molar-refractivity contribution in [3.05, 3.63) is 46.8 Å². The molecule has 0 fully saturated rings. The van der Waals surface area contributed by atoms with Gasteiger partial charge in [0.15, 0.2) is 23.3 Å². The molecule has 1 aromatic rings. The van der Waals surface area contributed by atoms with E-state index in [9.17, 15) is 31.5 Å². The highest BCUT2D eigenvalue weighted by atomic mass is 19.2. The Morgan fingerprint density at radius 2 is 1.45 bits per heavy atom. The van der Waals surface area contributed by atoms with E-state index in [0.717, 1.165) is 6.08 Å². The Balaban J connectivity index is 2.56. The van der Waals surface area contributed by atoms with Crippen molar-refractivity contribution in [2.75, 3.05) is 6.54 Å². The molecule has 0 N–H and O–H groups in total. The second-order valence-corrected chi connectivity index (χ2v) is 3.93. The summed E-state index contributed by atoms with van der Waals surface area (Å²) in [6.45, 7) is -0.201. The average Bonchev–Trinajstić information content (AvgIpc) is 2.43. The Labute approximate surface area is 109 Å². The minimum absolute atomic E-state index is 0.201. The molecule has 0 aliphatic carbocycles. The van der Waals surface area contributed by atoms with E-state index in [-0.39, 0.29) is 13.0 Å². The maximum absolute atomic E-state index is 13.4. The summed E-state index contributed by atoms with van der Waals surface area (Å²) in [6, 6.07) is 0. The van der Waals surface area contributed by atoms with Crippen molar-refractivity contribution in [3.8, 4) is 0 Å². The van der Waals surface area contributed by atoms with E-state index in [4.69, 9.17) is 0 Å². The molecule has 0 bridgehead atoms. The zero-order valence-electron chi connectivity index (χ0n) is 9.72. The lowest BCUT2D eigenvalue weighted by atomic mass is 10.1. The lowest BCUT2D eigenvalue weighted by Gasteiger charge is -2.22. The van der Waals surface area contributed by atoms with Crippen LogP contribution in [0.15, 0.2) is 12.2 Å². The standard InChI is InChI=1S/C12H6F5NO2/c13-7-6(8(14)10(16)11(17)9(7)15)12(20)18-4-2-1-3-5(18)19/h1,3H,2,4H2. The fraction of sp³-hybridized carbons (Fsp3) is 0.167. The van der Waals surface area contributed by atoms with Crippen molar-refractivity contribution in [2.45, 2.75) is 6.42 Å². The van der Waals surface area contributed by atoms with E-state index in [1.165, 1.54) is 6.08 Å². The van der Waals surface area contributed by atoms with Crippen LogP contribution in [0.3, 0.4) is 0 Å². The van der Waals surface area contributed by atoms with Crippen LogP contribution in [0, 0.1) is 29.1 Å². The summed E-state index contributed by atoms with van der Waals surface area (Å²) in [5.41, 5.74) is -1.63. The number of nitrogens with zero attached hydrogens (tertiary/aromatic N) is 1. The molecule has 20 heavy (non-hydrogen) atoms. The molecule has 3 nitrogen and oxygen atoms in total. The highest BCUT2D eigenvalue weighted by molar-refractivity contribution is 6.08. The third-order valence-corrected chi connectivity index (χ3v) is 2.71. The van der Waals surface area contributed by atoms with Crippen molar-refractivity contribution in [1.29, 1.82) is 0 Å². The van der Waals surface area contributed by atoms with Gasteiger partial charge >= 0.3 is 0 Å². The number of hydrogen-bond donors (Lipinski definition) is 0. The van der Waals surface area contributed by atoms with Gasteiger partial charge in [0.05, 0.1) is 0 Å². The van der Waals surface area contributed by atoms with E-state index in [1.54, 1.807) is 0 Å². The number of rotatable bonds is 1. The summed E-state index contributed by atoms with van der Waals surface area (Å²) >= 11 is 0. The molecule has 2 amide bonds. The average molecular weight is 291 g/mol. The predicted octanol–water partition coefficient (Wildman–Crippen LogP) is 2.31. The number of halogens is 5. The molecule has 0 unspecified atom stereocenters. The van der Waals surface area contributed by atoms with Crippen LogP contribution in [0.2, 0.25) is 0 Å². The molecule has 2 rings (SSSR count). The second-order valence-electron chi connectivity index (χ2n) is 3.93. The van der Waals surface area contributed by atoms with Crippen LogP contribution in [0.4, 0.5) is 22.0 Å². The molecule has 106 valence electrons. The molecule has 1 heterocycles. The molecule has 1 aliphatic heterocycles. The Kier molecular flexibility index (Phi) is 3.56. The van der Waals surface area contributed by atoms with E-state index >= 15 is 0 Å². The number of hydrogen-bond acceptors (Lipinski definition) is 2. The van der Waals surface area contributed by atoms with Gasteiger partial charge in [0.1, 0.15) is 5.56 Å². The molecular formula is C12H6F5NO2. The first kappa shape index (κ1) is 14.2. The van der Waals surface area contributed by atoms with E-state index in [0.29, 0.717) is 4.90 Å². The number of imide groups is 1. The van der Waals surface area contributed by atoms with Gasteiger partial charge in [-0.25, -0.2) is 22.0 Å². The molecule has 0 atom stereocenters.